The van der Waals surface area contributed by atoms with Gasteiger partial charge in [-0.05, 0) is 121 Å². The summed E-state index contributed by atoms with van der Waals surface area (Å²) in [7, 11) is 0. The Morgan fingerprint density at radius 1 is 0.975 bits per heavy atom. The maximum Gasteiger partial charge on any atom is 0.414 e. The molecule has 0 radical (unpaired) electrons. The number of nitrogens with zero attached hydrogens (tertiary/aromatic N) is 1. The Morgan fingerprint density at radius 2 is 1.55 bits per heavy atom. The van der Waals surface area contributed by atoms with Crippen LogP contribution in [-0.4, -0.2) is 58.8 Å². The fourth-order valence-corrected chi connectivity index (χ4v) is 7.54. The van der Waals surface area contributed by atoms with Crippen molar-refractivity contribution in [2.75, 3.05) is 13.2 Å². The topological polar surface area (TPSA) is 129 Å². The van der Waals surface area contributed by atoms with E-state index in [0.717, 1.165) is 38.5 Å². The quantitative estimate of drug-likeness (QED) is 0.202. The number of nitrogens with one attached hydrogen (secondary N) is 2. The predicted molar refractivity (Wildman–Crippen MR) is 156 cm³/mol. The molecule has 0 aromatic carbocycles. The number of carbonyl (C=O) groups is 2. The third kappa shape index (κ3) is 7.58. The molecule has 0 spiro atoms. The van der Waals surface area contributed by atoms with E-state index < -0.39 is 23.4 Å². The van der Waals surface area contributed by atoms with E-state index in [1.165, 1.54) is 5.57 Å². The van der Waals surface area contributed by atoms with Crippen molar-refractivity contribution in [2.24, 2.45) is 39.5 Å². The molecule has 0 bridgehead atoms. The Labute approximate surface area is 240 Å². The maximum atomic E-state index is 12.7. The molecule has 3 aliphatic rings. The molecule has 0 aliphatic heterocycles. The molecule has 4 N–H and O–H groups in total. The fraction of sp³-hybridized carbons (Fsp3) is 0.839. The Bertz CT molecular complexity index is 951. The average molecular weight is 564 g/mol. The monoisotopic (exact) mass is 563 g/mol. The van der Waals surface area contributed by atoms with Gasteiger partial charge in [0.25, 0.3) is 0 Å². The number of guanidine groups is 1. The van der Waals surface area contributed by atoms with Gasteiger partial charge in [0.15, 0.2) is 0 Å². The number of alkyl carbamates (subject to hydrolysis) is 2. The van der Waals surface area contributed by atoms with Gasteiger partial charge in [-0.2, -0.15) is 0 Å². The summed E-state index contributed by atoms with van der Waals surface area (Å²) in [5.41, 5.74) is -0.307. The molecule has 0 saturated heterocycles. The maximum absolute atomic E-state index is 12.7. The molecule has 3 saturated carbocycles. The second-order valence-electron chi connectivity index (χ2n) is 14.7. The molecule has 228 valence electrons. The predicted octanol–water partition coefficient (Wildman–Crippen LogP) is 5.55. The van der Waals surface area contributed by atoms with Crippen molar-refractivity contribution in [2.45, 2.75) is 118 Å². The third-order valence-corrected chi connectivity index (χ3v) is 9.66. The zero-order valence-corrected chi connectivity index (χ0v) is 25.9. The van der Waals surface area contributed by atoms with Gasteiger partial charge in [-0.25, -0.2) is 9.59 Å². The minimum atomic E-state index is -0.721. The van der Waals surface area contributed by atoms with E-state index in [0.29, 0.717) is 18.9 Å². The van der Waals surface area contributed by atoms with Crippen LogP contribution in [0.15, 0.2) is 17.1 Å². The number of aliphatic hydroxyl groups is 2. The van der Waals surface area contributed by atoms with Crippen LogP contribution < -0.4 is 10.6 Å². The second kappa shape index (κ2) is 12.0. The zero-order chi connectivity index (χ0) is 30.1. The van der Waals surface area contributed by atoms with Crippen LogP contribution in [0.2, 0.25) is 0 Å². The lowest BCUT2D eigenvalue weighted by Gasteiger charge is -2.56. The molecule has 3 aliphatic carbocycles. The smallest absolute Gasteiger partial charge is 0.414 e. The minimum Gasteiger partial charge on any atom is -0.444 e. The van der Waals surface area contributed by atoms with Gasteiger partial charge < -0.3 is 19.7 Å². The number of carbonyl (C=O) groups excluding carboxylic acids is 2. The molecular formula is C31H53N3O6. The van der Waals surface area contributed by atoms with Crippen LogP contribution in [0.3, 0.4) is 0 Å². The minimum absolute atomic E-state index is 0.000868. The summed E-state index contributed by atoms with van der Waals surface area (Å²) in [5.74, 6) is 0.738. The van der Waals surface area contributed by atoms with E-state index in [1.54, 1.807) is 41.5 Å². The normalized spacial score (nSPS) is 34.5. The molecule has 0 aromatic heterocycles. The van der Waals surface area contributed by atoms with Gasteiger partial charge >= 0.3 is 12.2 Å². The fourth-order valence-electron chi connectivity index (χ4n) is 7.54. The van der Waals surface area contributed by atoms with Crippen LogP contribution in [-0.2, 0) is 9.47 Å². The Balaban J connectivity index is 1.95. The Kier molecular flexibility index (Phi) is 9.72. The molecule has 0 heterocycles. The molecule has 0 aromatic rings. The van der Waals surface area contributed by atoms with E-state index in [9.17, 15) is 19.8 Å². The Hall–Kier alpha value is -2.13. The second-order valence-corrected chi connectivity index (χ2v) is 14.7. The first kappa shape index (κ1) is 32.4. The number of fused-ring (bicyclic) bond motifs is 1. The van der Waals surface area contributed by atoms with Crippen molar-refractivity contribution in [1.29, 1.82) is 0 Å². The summed E-state index contributed by atoms with van der Waals surface area (Å²) in [6.45, 7) is 20.0. The number of hydrogen-bond acceptors (Lipinski definition) is 7. The van der Waals surface area contributed by atoms with Crippen LogP contribution in [0.5, 0.6) is 0 Å². The van der Waals surface area contributed by atoms with E-state index in [4.69, 9.17) is 14.5 Å². The van der Waals surface area contributed by atoms with Crippen molar-refractivity contribution in [3.05, 3.63) is 12.2 Å². The van der Waals surface area contributed by atoms with Crippen LogP contribution in [0.1, 0.15) is 100 Å². The lowest BCUT2D eigenvalue weighted by Crippen LogP contribution is -2.52. The highest BCUT2D eigenvalue weighted by Gasteiger charge is 2.56. The zero-order valence-electron chi connectivity index (χ0n) is 25.9. The first-order chi connectivity index (χ1) is 18.4. The van der Waals surface area contributed by atoms with Gasteiger partial charge in [0, 0.05) is 13.2 Å². The van der Waals surface area contributed by atoms with Crippen LogP contribution in [0.25, 0.3) is 0 Å². The molecule has 40 heavy (non-hydrogen) atoms. The highest BCUT2D eigenvalue weighted by Crippen LogP contribution is 2.63. The van der Waals surface area contributed by atoms with Crippen molar-refractivity contribution < 1.29 is 29.3 Å². The van der Waals surface area contributed by atoms with Crippen LogP contribution in [0, 0.1) is 34.5 Å². The number of aliphatic imine (C=N–C) groups is 1. The van der Waals surface area contributed by atoms with Gasteiger partial charge in [0.2, 0.25) is 5.96 Å². The first-order valence-electron chi connectivity index (χ1n) is 14.9. The third-order valence-electron chi connectivity index (χ3n) is 9.66. The number of aliphatic hydroxyl groups excluding tert-OH is 2. The van der Waals surface area contributed by atoms with Crippen molar-refractivity contribution >= 4 is 18.1 Å². The number of rotatable bonds is 4. The van der Waals surface area contributed by atoms with E-state index >= 15 is 0 Å². The molecular weight excluding hydrogens is 510 g/mol. The largest absolute Gasteiger partial charge is 0.444 e. The summed E-state index contributed by atoms with van der Waals surface area (Å²) in [6, 6.07) is 0. The SMILES string of the molecule is C=C1CCC2C(CN=C(NC(=O)OC(C)(C)C)NC(=O)OC(C)(C)C)C(C3(C)CCC(O)CC3CO)CCC12C. The van der Waals surface area contributed by atoms with Crippen molar-refractivity contribution in [3.8, 4) is 0 Å². The highest BCUT2D eigenvalue weighted by atomic mass is 16.6. The lowest BCUT2D eigenvalue weighted by atomic mass is 9.49. The number of ether oxygens (including phenoxy) is 2. The van der Waals surface area contributed by atoms with Gasteiger partial charge in [0.1, 0.15) is 11.2 Å². The van der Waals surface area contributed by atoms with Gasteiger partial charge in [-0.1, -0.05) is 26.0 Å². The molecule has 3 rings (SSSR count). The van der Waals surface area contributed by atoms with E-state index in [1.807, 2.05) is 0 Å². The first-order valence-corrected chi connectivity index (χ1v) is 14.9. The average Bonchev–Trinajstić information content (AvgIpc) is 3.10. The summed E-state index contributed by atoms with van der Waals surface area (Å²) in [4.78, 5) is 30.1. The number of hydrogen-bond donors (Lipinski definition) is 4. The number of allylic oxidation sites excluding steroid dienone is 1. The van der Waals surface area contributed by atoms with Gasteiger partial charge in [-0.3, -0.25) is 15.6 Å². The van der Waals surface area contributed by atoms with Gasteiger partial charge in [0.05, 0.1) is 6.10 Å². The molecule has 7 unspecified atom stereocenters. The molecule has 9 nitrogen and oxygen atoms in total. The molecule has 9 heteroatoms. The summed E-state index contributed by atoms with van der Waals surface area (Å²) in [6.07, 6.45) is 4.36. The number of amides is 2. The van der Waals surface area contributed by atoms with E-state index in [-0.39, 0.29) is 47.3 Å². The summed E-state index contributed by atoms with van der Waals surface area (Å²) >= 11 is 0. The summed E-state index contributed by atoms with van der Waals surface area (Å²) in [5, 5.41) is 26.0. The summed E-state index contributed by atoms with van der Waals surface area (Å²) < 4.78 is 10.9. The molecule has 3 fully saturated rings. The standard InChI is InChI=1S/C31H53N3O6/c1-19-10-11-23-22(24(13-15-30(19,23)8)31(9)14-12-21(36)16-20(31)18-35)17-32-25(33-26(37)39-28(2,3)4)34-27(38)40-29(5,6)7/h20-24,35-36H,1,10-18H2,2-9H3,(H2,32,33,34,37,38). The van der Waals surface area contributed by atoms with Gasteiger partial charge in [-0.15, -0.1) is 0 Å². The van der Waals surface area contributed by atoms with Crippen LogP contribution in [0.4, 0.5) is 9.59 Å². The van der Waals surface area contributed by atoms with Crippen molar-refractivity contribution in [3.63, 3.8) is 0 Å². The molecule has 2 amide bonds. The van der Waals surface area contributed by atoms with Crippen LogP contribution >= 0.6 is 0 Å². The molecule has 7 atom stereocenters. The Morgan fingerprint density at radius 3 is 2.08 bits per heavy atom. The lowest BCUT2D eigenvalue weighted by molar-refractivity contribution is -0.0916. The van der Waals surface area contributed by atoms with Crippen molar-refractivity contribution in [1.82, 2.24) is 10.6 Å². The van der Waals surface area contributed by atoms with E-state index in [2.05, 4.69) is 31.1 Å². The highest BCUT2D eigenvalue weighted by molar-refractivity contribution is 6.01.